The summed E-state index contributed by atoms with van der Waals surface area (Å²) in [5.41, 5.74) is 0. The van der Waals surface area contributed by atoms with E-state index in [0.29, 0.717) is 38.5 Å². The summed E-state index contributed by atoms with van der Waals surface area (Å²) < 4.78 is 5.51. The fraction of sp³-hybridized carbons (Fsp3) is 0.867. The van der Waals surface area contributed by atoms with Crippen molar-refractivity contribution >= 4 is 12.0 Å². The number of carbonyl (C=O) groups is 2. The van der Waals surface area contributed by atoms with Gasteiger partial charge >= 0.3 is 12.0 Å². The normalized spacial score (nSPS) is 33.5. The van der Waals surface area contributed by atoms with Gasteiger partial charge in [0.2, 0.25) is 0 Å². The number of carboxylic acid groups (broad SMARTS) is 1. The number of urea groups is 1. The number of aliphatic carboxylic acids is 1. The quantitative estimate of drug-likeness (QED) is 0.826. The van der Waals surface area contributed by atoms with Gasteiger partial charge in [0.25, 0.3) is 0 Å². The summed E-state index contributed by atoms with van der Waals surface area (Å²) in [6.07, 6.45) is 5.25. The van der Waals surface area contributed by atoms with E-state index >= 15 is 0 Å². The molecule has 2 N–H and O–H groups in total. The maximum absolute atomic E-state index is 12.5. The maximum atomic E-state index is 12.5. The molecule has 0 aromatic heterocycles. The van der Waals surface area contributed by atoms with Crippen LogP contribution in [-0.4, -0.2) is 53.8 Å². The SMILES string of the molecule is O=C(O)C1CCC(NC(=O)N2CCOCC2C2CC2)CC1. The highest BCUT2D eigenvalue weighted by Crippen LogP contribution is 2.36. The van der Waals surface area contributed by atoms with Crippen molar-refractivity contribution < 1.29 is 19.4 Å². The molecular formula is C15H24N2O4. The van der Waals surface area contributed by atoms with Crippen LogP contribution in [0.4, 0.5) is 4.79 Å². The lowest BCUT2D eigenvalue weighted by molar-refractivity contribution is -0.142. The van der Waals surface area contributed by atoms with Gasteiger partial charge in [-0.3, -0.25) is 4.79 Å². The Morgan fingerprint density at radius 1 is 1.10 bits per heavy atom. The van der Waals surface area contributed by atoms with Crippen LogP contribution >= 0.6 is 0 Å². The molecule has 2 aliphatic carbocycles. The van der Waals surface area contributed by atoms with Crippen LogP contribution in [0.5, 0.6) is 0 Å². The zero-order valence-corrected chi connectivity index (χ0v) is 12.3. The van der Waals surface area contributed by atoms with E-state index in [-0.39, 0.29) is 24.0 Å². The summed E-state index contributed by atoms with van der Waals surface area (Å²) in [4.78, 5) is 25.3. The van der Waals surface area contributed by atoms with Crippen LogP contribution in [0.2, 0.25) is 0 Å². The first kappa shape index (κ1) is 14.6. The molecule has 3 fully saturated rings. The van der Waals surface area contributed by atoms with Crippen LogP contribution in [0.1, 0.15) is 38.5 Å². The highest BCUT2D eigenvalue weighted by Gasteiger charge is 2.39. The van der Waals surface area contributed by atoms with Crippen molar-refractivity contribution in [3.8, 4) is 0 Å². The van der Waals surface area contributed by atoms with Gasteiger partial charge in [0, 0.05) is 12.6 Å². The van der Waals surface area contributed by atoms with Crippen LogP contribution in [0.25, 0.3) is 0 Å². The molecule has 1 heterocycles. The molecule has 0 radical (unpaired) electrons. The van der Waals surface area contributed by atoms with Crippen LogP contribution in [0.3, 0.4) is 0 Å². The Hall–Kier alpha value is -1.30. The Labute approximate surface area is 124 Å². The first-order valence-corrected chi connectivity index (χ1v) is 8.03. The lowest BCUT2D eigenvalue weighted by Gasteiger charge is -2.37. The van der Waals surface area contributed by atoms with Crippen LogP contribution in [0, 0.1) is 11.8 Å². The van der Waals surface area contributed by atoms with Crippen molar-refractivity contribution in [3.05, 3.63) is 0 Å². The molecule has 1 unspecified atom stereocenters. The minimum Gasteiger partial charge on any atom is -0.481 e. The Kier molecular flexibility index (Phi) is 4.33. The van der Waals surface area contributed by atoms with E-state index in [1.165, 1.54) is 12.8 Å². The number of amides is 2. The minimum atomic E-state index is -0.707. The minimum absolute atomic E-state index is 0.00831. The monoisotopic (exact) mass is 296 g/mol. The number of nitrogens with zero attached hydrogens (tertiary/aromatic N) is 1. The van der Waals surface area contributed by atoms with E-state index in [4.69, 9.17) is 9.84 Å². The van der Waals surface area contributed by atoms with E-state index < -0.39 is 5.97 Å². The number of hydrogen-bond acceptors (Lipinski definition) is 3. The van der Waals surface area contributed by atoms with E-state index in [1.807, 2.05) is 4.90 Å². The molecule has 3 aliphatic rings. The molecule has 1 atom stereocenters. The molecule has 0 bridgehead atoms. The number of hydrogen-bond donors (Lipinski definition) is 2. The second-order valence-electron chi connectivity index (χ2n) is 6.51. The van der Waals surface area contributed by atoms with Gasteiger partial charge in [-0.05, 0) is 44.4 Å². The van der Waals surface area contributed by atoms with Gasteiger partial charge in [0.05, 0.1) is 25.2 Å². The van der Waals surface area contributed by atoms with Gasteiger partial charge in [-0.15, -0.1) is 0 Å². The summed E-state index contributed by atoms with van der Waals surface area (Å²) in [7, 11) is 0. The second kappa shape index (κ2) is 6.22. The Bertz CT molecular complexity index is 402. The number of carbonyl (C=O) groups excluding carboxylic acids is 1. The van der Waals surface area contributed by atoms with Crippen molar-refractivity contribution in [1.29, 1.82) is 0 Å². The summed E-state index contributed by atoms with van der Waals surface area (Å²) >= 11 is 0. The topological polar surface area (TPSA) is 78.9 Å². The zero-order valence-electron chi connectivity index (χ0n) is 12.3. The molecule has 0 spiro atoms. The van der Waals surface area contributed by atoms with Gasteiger partial charge in [0.1, 0.15) is 0 Å². The Morgan fingerprint density at radius 2 is 1.81 bits per heavy atom. The number of morpholine rings is 1. The third kappa shape index (κ3) is 3.48. The van der Waals surface area contributed by atoms with Crippen molar-refractivity contribution in [1.82, 2.24) is 10.2 Å². The van der Waals surface area contributed by atoms with E-state index in [0.717, 1.165) is 12.8 Å². The molecule has 1 aliphatic heterocycles. The molecule has 0 aromatic carbocycles. The number of nitrogens with one attached hydrogen (secondary N) is 1. The molecule has 3 rings (SSSR count). The van der Waals surface area contributed by atoms with Gasteiger partial charge in [-0.2, -0.15) is 0 Å². The van der Waals surface area contributed by atoms with Crippen LogP contribution in [0.15, 0.2) is 0 Å². The summed E-state index contributed by atoms with van der Waals surface area (Å²) in [5.74, 6) is -0.332. The average molecular weight is 296 g/mol. The summed E-state index contributed by atoms with van der Waals surface area (Å²) in [6.45, 7) is 1.93. The largest absolute Gasteiger partial charge is 0.481 e. The van der Waals surface area contributed by atoms with Crippen molar-refractivity contribution in [2.75, 3.05) is 19.8 Å². The fourth-order valence-corrected chi connectivity index (χ4v) is 3.49. The van der Waals surface area contributed by atoms with E-state index in [1.54, 1.807) is 0 Å². The van der Waals surface area contributed by atoms with E-state index in [9.17, 15) is 9.59 Å². The van der Waals surface area contributed by atoms with E-state index in [2.05, 4.69) is 5.32 Å². The number of carboxylic acids is 1. The summed E-state index contributed by atoms with van der Waals surface area (Å²) in [5, 5.41) is 12.1. The first-order chi connectivity index (χ1) is 10.1. The van der Waals surface area contributed by atoms with Crippen LogP contribution in [-0.2, 0) is 9.53 Å². The maximum Gasteiger partial charge on any atom is 0.318 e. The number of ether oxygens (including phenoxy) is 1. The molecule has 21 heavy (non-hydrogen) atoms. The third-order valence-corrected chi connectivity index (χ3v) is 5.00. The smallest absolute Gasteiger partial charge is 0.318 e. The Morgan fingerprint density at radius 3 is 2.43 bits per heavy atom. The molecule has 1 saturated heterocycles. The van der Waals surface area contributed by atoms with Gasteiger partial charge in [0.15, 0.2) is 0 Å². The lowest BCUT2D eigenvalue weighted by Crippen LogP contribution is -2.55. The third-order valence-electron chi connectivity index (χ3n) is 5.00. The standard InChI is InChI=1S/C15H24N2O4/c18-14(19)11-3-5-12(6-4-11)16-15(20)17-7-8-21-9-13(17)10-1-2-10/h10-13H,1-9H2,(H,16,20)(H,18,19). The molecule has 0 aromatic rings. The highest BCUT2D eigenvalue weighted by atomic mass is 16.5. The number of rotatable bonds is 3. The fourth-order valence-electron chi connectivity index (χ4n) is 3.49. The highest BCUT2D eigenvalue weighted by molar-refractivity contribution is 5.75. The van der Waals surface area contributed by atoms with Crippen molar-refractivity contribution in [3.63, 3.8) is 0 Å². The van der Waals surface area contributed by atoms with Gasteiger partial charge in [-0.1, -0.05) is 0 Å². The molecule has 2 saturated carbocycles. The zero-order chi connectivity index (χ0) is 14.8. The molecule has 6 nitrogen and oxygen atoms in total. The predicted molar refractivity (Wildman–Crippen MR) is 76.0 cm³/mol. The molecule has 2 amide bonds. The summed E-state index contributed by atoms with van der Waals surface area (Å²) in [6, 6.07) is 0.360. The van der Waals surface area contributed by atoms with Crippen molar-refractivity contribution in [2.45, 2.75) is 50.6 Å². The predicted octanol–water partition coefficient (Wildman–Crippen LogP) is 1.45. The average Bonchev–Trinajstić information content (AvgIpc) is 3.32. The van der Waals surface area contributed by atoms with Gasteiger partial charge < -0.3 is 20.1 Å². The second-order valence-corrected chi connectivity index (χ2v) is 6.51. The van der Waals surface area contributed by atoms with Crippen molar-refractivity contribution in [2.24, 2.45) is 11.8 Å². The Balaban J connectivity index is 1.50. The first-order valence-electron chi connectivity index (χ1n) is 8.03. The molecule has 6 heteroatoms. The van der Waals surface area contributed by atoms with Crippen LogP contribution < -0.4 is 5.32 Å². The lowest BCUT2D eigenvalue weighted by atomic mass is 9.86. The van der Waals surface area contributed by atoms with Gasteiger partial charge in [-0.25, -0.2) is 4.79 Å². The molecular weight excluding hydrogens is 272 g/mol. The molecule has 118 valence electrons.